The lowest BCUT2D eigenvalue weighted by Gasteiger charge is -2.11. The van der Waals surface area contributed by atoms with Crippen molar-refractivity contribution in [3.05, 3.63) is 28.2 Å². The van der Waals surface area contributed by atoms with Gasteiger partial charge < -0.3 is 11.5 Å². The van der Waals surface area contributed by atoms with E-state index in [1.165, 1.54) is 0 Å². The van der Waals surface area contributed by atoms with Gasteiger partial charge in [0.2, 0.25) is 0 Å². The van der Waals surface area contributed by atoms with Crippen LogP contribution in [0.4, 0.5) is 5.69 Å². The summed E-state index contributed by atoms with van der Waals surface area (Å²) < 4.78 is 0.997. The van der Waals surface area contributed by atoms with Crippen LogP contribution in [-0.4, -0.2) is 0 Å². The van der Waals surface area contributed by atoms with Crippen LogP contribution in [0.25, 0.3) is 0 Å². The highest BCUT2D eigenvalue weighted by Crippen LogP contribution is 2.25. The normalized spacial score (nSPS) is 12.9. The monoisotopic (exact) mass is 228 g/mol. The Kier molecular flexibility index (Phi) is 3.12. The molecule has 0 unspecified atom stereocenters. The molecular weight excluding hydrogens is 216 g/mol. The van der Waals surface area contributed by atoms with Gasteiger partial charge in [-0.3, -0.25) is 0 Å². The molecule has 2 nitrogen and oxygen atoms in total. The molecular formula is C9H13BrN2. The second-order valence-corrected chi connectivity index (χ2v) is 3.65. The largest absolute Gasteiger partial charge is 0.399 e. The third kappa shape index (κ3) is 1.99. The molecule has 0 saturated carbocycles. The maximum Gasteiger partial charge on any atom is 0.0325 e. The Morgan fingerprint density at radius 3 is 2.67 bits per heavy atom. The van der Waals surface area contributed by atoms with E-state index < -0.39 is 0 Å². The number of anilines is 1. The number of hydrogen-bond acceptors (Lipinski definition) is 2. The molecule has 0 amide bonds. The van der Waals surface area contributed by atoms with Crippen LogP contribution in [0, 0.1) is 0 Å². The summed E-state index contributed by atoms with van der Waals surface area (Å²) in [6, 6.07) is 5.81. The Labute approximate surface area is 81.1 Å². The molecule has 4 N–H and O–H groups in total. The number of rotatable bonds is 2. The minimum absolute atomic E-state index is 0.0972. The molecule has 0 aliphatic carbocycles. The van der Waals surface area contributed by atoms with Crippen molar-refractivity contribution in [2.24, 2.45) is 5.73 Å². The standard InChI is InChI=1S/C9H13BrN2/c1-2-9(12)7-4-3-6(11)5-8(7)10/h3-5,9H,2,11-12H2,1H3/t9-/m0/s1. The average Bonchev–Trinajstić information content (AvgIpc) is 2.03. The van der Waals surface area contributed by atoms with Gasteiger partial charge in [0.1, 0.15) is 0 Å². The Morgan fingerprint density at radius 2 is 2.17 bits per heavy atom. The molecule has 0 radical (unpaired) electrons. The summed E-state index contributed by atoms with van der Waals surface area (Å²) in [5, 5.41) is 0. The van der Waals surface area contributed by atoms with E-state index in [4.69, 9.17) is 11.5 Å². The first-order valence-electron chi connectivity index (χ1n) is 3.95. The minimum Gasteiger partial charge on any atom is -0.399 e. The van der Waals surface area contributed by atoms with Gasteiger partial charge in [-0.1, -0.05) is 28.9 Å². The van der Waals surface area contributed by atoms with Crippen LogP contribution in [0.5, 0.6) is 0 Å². The van der Waals surface area contributed by atoms with E-state index in [1.807, 2.05) is 18.2 Å². The zero-order chi connectivity index (χ0) is 9.14. The van der Waals surface area contributed by atoms with Crippen molar-refractivity contribution in [1.82, 2.24) is 0 Å². The van der Waals surface area contributed by atoms with E-state index in [-0.39, 0.29) is 6.04 Å². The molecule has 0 aliphatic heterocycles. The van der Waals surface area contributed by atoms with Crippen molar-refractivity contribution in [3.8, 4) is 0 Å². The first-order chi connectivity index (χ1) is 5.65. The fraction of sp³-hybridized carbons (Fsp3) is 0.333. The Bertz CT molecular complexity index is 273. The highest BCUT2D eigenvalue weighted by molar-refractivity contribution is 9.10. The van der Waals surface area contributed by atoms with Crippen LogP contribution in [0.1, 0.15) is 24.9 Å². The molecule has 0 aromatic heterocycles. The van der Waals surface area contributed by atoms with E-state index in [9.17, 15) is 0 Å². The summed E-state index contributed by atoms with van der Waals surface area (Å²) in [5.74, 6) is 0. The summed E-state index contributed by atoms with van der Waals surface area (Å²) >= 11 is 3.43. The van der Waals surface area contributed by atoms with E-state index in [0.29, 0.717) is 0 Å². The fourth-order valence-electron chi connectivity index (χ4n) is 1.06. The van der Waals surface area contributed by atoms with Gasteiger partial charge in [0.25, 0.3) is 0 Å². The van der Waals surface area contributed by atoms with Gasteiger partial charge in [-0.2, -0.15) is 0 Å². The van der Waals surface area contributed by atoms with Crippen LogP contribution in [0.3, 0.4) is 0 Å². The molecule has 1 aromatic rings. The summed E-state index contributed by atoms with van der Waals surface area (Å²) in [4.78, 5) is 0. The predicted molar refractivity (Wildman–Crippen MR) is 55.8 cm³/mol. The second-order valence-electron chi connectivity index (χ2n) is 2.80. The highest BCUT2D eigenvalue weighted by atomic mass is 79.9. The summed E-state index contributed by atoms with van der Waals surface area (Å²) in [7, 11) is 0. The van der Waals surface area contributed by atoms with Gasteiger partial charge in [-0.05, 0) is 24.1 Å². The lowest BCUT2D eigenvalue weighted by molar-refractivity contribution is 0.695. The van der Waals surface area contributed by atoms with Crippen molar-refractivity contribution in [2.45, 2.75) is 19.4 Å². The Balaban J connectivity index is 3.01. The SMILES string of the molecule is CC[C@H](N)c1ccc(N)cc1Br. The molecule has 1 aromatic carbocycles. The molecule has 0 heterocycles. The molecule has 0 fully saturated rings. The van der Waals surface area contributed by atoms with Crippen molar-refractivity contribution < 1.29 is 0 Å². The zero-order valence-corrected chi connectivity index (χ0v) is 8.64. The maximum atomic E-state index is 5.87. The van der Waals surface area contributed by atoms with Gasteiger partial charge in [-0.15, -0.1) is 0 Å². The van der Waals surface area contributed by atoms with E-state index in [1.54, 1.807) is 0 Å². The van der Waals surface area contributed by atoms with Gasteiger partial charge in [-0.25, -0.2) is 0 Å². The van der Waals surface area contributed by atoms with Crippen molar-refractivity contribution >= 4 is 21.6 Å². The Morgan fingerprint density at radius 1 is 1.50 bits per heavy atom. The van der Waals surface area contributed by atoms with Gasteiger partial charge in [0, 0.05) is 16.2 Å². The fourth-order valence-corrected chi connectivity index (χ4v) is 1.75. The summed E-state index contributed by atoms with van der Waals surface area (Å²) in [6.45, 7) is 2.06. The predicted octanol–water partition coefficient (Wildman–Crippen LogP) is 2.44. The molecule has 66 valence electrons. The topological polar surface area (TPSA) is 52.0 Å². The maximum absolute atomic E-state index is 5.87. The number of hydrogen-bond donors (Lipinski definition) is 2. The van der Waals surface area contributed by atoms with Crippen LogP contribution >= 0.6 is 15.9 Å². The number of benzene rings is 1. The molecule has 12 heavy (non-hydrogen) atoms. The van der Waals surface area contributed by atoms with Crippen molar-refractivity contribution in [2.75, 3.05) is 5.73 Å². The molecule has 1 atom stereocenters. The third-order valence-corrected chi connectivity index (χ3v) is 2.55. The van der Waals surface area contributed by atoms with E-state index >= 15 is 0 Å². The van der Waals surface area contributed by atoms with Crippen LogP contribution in [-0.2, 0) is 0 Å². The molecule has 0 saturated heterocycles. The second kappa shape index (κ2) is 3.92. The number of halogens is 1. The van der Waals surface area contributed by atoms with Crippen molar-refractivity contribution in [3.63, 3.8) is 0 Å². The zero-order valence-electron chi connectivity index (χ0n) is 7.05. The van der Waals surface area contributed by atoms with Crippen LogP contribution in [0.15, 0.2) is 22.7 Å². The van der Waals surface area contributed by atoms with Crippen molar-refractivity contribution in [1.29, 1.82) is 0 Å². The molecule has 0 bridgehead atoms. The summed E-state index contributed by atoms with van der Waals surface area (Å²) in [6.07, 6.45) is 0.933. The van der Waals surface area contributed by atoms with E-state index in [2.05, 4.69) is 22.9 Å². The molecule has 0 spiro atoms. The van der Waals surface area contributed by atoms with Gasteiger partial charge in [0.15, 0.2) is 0 Å². The molecule has 0 aliphatic rings. The lowest BCUT2D eigenvalue weighted by atomic mass is 10.1. The number of nitrogen functional groups attached to an aromatic ring is 1. The van der Waals surface area contributed by atoms with E-state index in [0.717, 1.165) is 22.1 Å². The summed E-state index contributed by atoms with van der Waals surface area (Å²) in [5.41, 5.74) is 13.3. The smallest absolute Gasteiger partial charge is 0.0325 e. The third-order valence-electron chi connectivity index (χ3n) is 1.86. The van der Waals surface area contributed by atoms with Gasteiger partial charge in [0.05, 0.1) is 0 Å². The Hall–Kier alpha value is -0.540. The van der Waals surface area contributed by atoms with Crippen LogP contribution in [0.2, 0.25) is 0 Å². The average molecular weight is 229 g/mol. The van der Waals surface area contributed by atoms with Crippen LogP contribution < -0.4 is 11.5 Å². The minimum atomic E-state index is 0.0972. The highest BCUT2D eigenvalue weighted by Gasteiger charge is 2.06. The molecule has 3 heteroatoms. The number of nitrogens with two attached hydrogens (primary N) is 2. The lowest BCUT2D eigenvalue weighted by Crippen LogP contribution is -2.09. The first kappa shape index (κ1) is 9.55. The first-order valence-corrected chi connectivity index (χ1v) is 4.75. The quantitative estimate of drug-likeness (QED) is 0.765. The molecule has 1 rings (SSSR count). The van der Waals surface area contributed by atoms with Gasteiger partial charge >= 0.3 is 0 Å².